The van der Waals surface area contributed by atoms with Gasteiger partial charge < -0.3 is 14.9 Å². The summed E-state index contributed by atoms with van der Waals surface area (Å²) in [7, 11) is 0. The Morgan fingerprint density at radius 3 is 2.81 bits per heavy atom. The number of nitrogens with zero attached hydrogens (tertiary/aromatic N) is 3. The summed E-state index contributed by atoms with van der Waals surface area (Å²) in [5.41, 5.74) is 0.463. The molecule has 8 heteroatoms. The second-order valence-corrected chi connectivity index (χ2v) is 8.05. The summed E-state index contributed by atoms with van der Waals surface area (Å²) in [6.45, 7) is 3.30. The van der Waals surface area contributed by atoms with E-state index in [4.69, 9.17) is 0 Å². The number of carbonyl (C=O) groups is 1. The van der Waals surface area contributed by atoms with Crippen molar-refractivity contribution in [3.8, 4) is 0 Å². The van der Waals surface area contributed by atoms with E-state index in [1.165, 1.54) is 11.8 Å². The molecule has 140 valence electrons. The highest BCUT2D eigenvalue weighted by molar-refractivity contribution is 8.00. The number of carbonyl (C=O) groups excluding carboxylic acids is 1. The van der Waals surface area contributed by atoms with Gasteiger partial charge in [0.2, 0.25) is 5.91 Å². The van der Waals surface area contributed by atoms with Crippen LogP contribution in [0.1, 0.15) is 31.5 Å². The predicted molar refractivity (Wildman–Crippen MR) is 105 cm³/mol. The Hall–Kier alpha value is -2.61. The molecule has 1 saturated heterocycles. The average Bonchev–Trinajstić information content (AvgIpc) is 3.22. The number of thioether (sulfide) groups is 1. The lowest BCUT2D eigenvalue weighted by Gasteiger charge is -2.32. The number of rotatable bonds is 4. The number of aromatic amines is 2. The Morgan fingerprint density at radius 1 is 1.30 bits per heavy atom. The highest BCUT2D eigenvalue weighted by atomic mass is 32.2. The number of amides is 1. The van der Waals surface area contributed by atoms with Crippen LogP contribution in [0.25, 0.3) is 10.9 Å². The molecule has 1 aliphatic heterocycles. The van der Waals surface area contributed by atoms with Gasteiger partial charge in [-0.25, -0.2) is 9.97 Å². The minimum absolute atomic E-state index is 0.0775. The molecule has 3 aromatic rings. The van der Waals surface area contributed by atoms with Crippen LogP contribution in [0.5, 0.6) is 0 Å². The molecule has 27 heavy (non-hydrogen) atoms. The Morgan fingerprint density at radius 2 is 2.07 bits per heavy atom. The lowest BCUT2D eigenvalue weighted by atomic mass is 9.96. The number of nitrogens with one attached hydrogen (secondary N) is 2. The molecule has 4 rings (SSSR count). The Kier molecular flexibility index (Phi) is 4.98. The molecule has 0 unspecified atom stereocenters. The fraction of sp³-hybridized carbons (Fsp3) is 0.368. The van der Waals surface area contributed by atoms with Crippen molar-refractivity contribution in [1.82, 2.24) is 24.8 Å². The largest absolute Gasteiger partial charge is 0.348 e. The predicted octanol–water partition coefficient (Wildman–Crippen LogP) is 2.53. The summed E-state index contributed by atoms with van der Waals surface area (Å²) in [5.74, 6) is 1.46. The van der Waals surface area contributed by atoms with Crippen LogP contribution in [0, 0.1) is 0 Å². The van der Waals surface area contributed by atoms with Gasteiger partial charge in [-0.15, -0.1) is 0 Å². The van der Waals surface area contributed by atoms with Gasteiger partial charge in [0.1, 0.15) is 5.82 Å². The summed E-state index contributed by atoms with van der Waals surface area (Å²) in [6.07, 6.45) is 5.41. The zero-order chi connectivity index (χ0) is 18.8. The molecule has 7 nitrogen and oxygen atoms in total. The second kappa shape index (κ2) is 7.56. The Labute approximate surface area is 160 Å². The van der Waals surface area contributed by atoms with Crippen molar-refractivity contribution in [2.45, 2.75) is 36.1 Å². The first-order valence-electron chi connectivity index (χ1n) is 9.05. The van der Waals surface area contributed by atoms with Gasteiger partial charge in [-0.1, -0.05) is 23.9 Å². The van der Waals surface area contributed by atoms with Crippen molar-refractivity contribution in [3.63, 3.8) is 0 Å². The summed E-state index contributed by atoms with van der Waals surface area (Å²) in [4.78, 5) is 41.6. The maximum absolute atomic E-state index is 12.8. The zero-order valence-corrected chi connectivity index (χ0v) is 15.8. The molecule has 2 aromatic heterocycles. The molecule has 1 aromatic carbocycles. The lowest BCUT2D eigenvalue weighted by Crippen LogP contribution is -2.42. The molecule has 1 fully saturated rings. The first-order chi connectivity index (χ1) is 13.1. The van der Waals surface area contributed by atoms with E-state index in [9.17, 15) is 9.59 Å². The van der Waals surface area contributed by atoms with Crippen molar-refractivity contribution < 1.29 is 4.79 Å². The van der Waals surface area contributed by atoms with Crippen LogP contribution in [0.4, 0.5) is 0 Å². The third kappa shape index (κ3) is 3.75. The quantitative estimate of drug-likeness (QED) is 0.533. The Bertz CT molecular complexity index is 993. The van der Waals surface area contributed by atoms with E-state index in [1.807, 2.05) is 30.2 Å². The number of benzene rings is 1. The van der Waals surface area contributed by atoms with E-state index in [-0.39, 0.29) is 16.7 Å². The van der Waals surface area contributed by atoms with Gasteiger partial charge in [0, 0.05) is 31.4 Å². The SMILES string of the molecule is C[C@H](Sc1nc2ccccc2c(=O)[nH]1)C(=O)N1CCC(c2ncc[nH]2)CC1. The lowest BCUT2D eigenvalue weighted by molar-refractivity contribution is -0.131. The van der Waals surface area contributed by atoms with Crippen molar-refractivity contribution in [2.24, 2.45) is 0 Å². The van der Waals surface area contributed by atoms with Gasteiger partial charge in [-0.3, -0.25) is 9.59 Å². The topological polar surface area (TPSA) is 94.7 Å². The normalized spacial score (nSPS) is 16.6. The number of imidazole rings is 1. The number of hydrogen-bond donors (Lipinski definition) is 2. The standard InChI is InChI=1S/C19H21N5O2S/c1-12(27-19-22-15-5-3-2-4-14(15)17(25)23-19)18(26)24-10-6-13(7-11-24)16-20-8-9-21-16/h2-5,8-9,12-13H,6-7,10-11H2,1H3,(H,20,21)(H,22,23,25)/t12-/m0/s1. The fourth-order valence-electron chi connectivity index (χ4n) is 3.47. The van der Waals surface area contributed by atoms with Crippen LogP contribution in [0.3, 0.4) is 0 Å². The number of fused-ring (bicyclic) bond motifs is 1. The van der Waals surface area contributed by atoms with Crippen molar-refractivity contribution in [2.75, 3.05) is 13.1 Å². The Balaban J connectivity index is 1.40. The minimum atomic E-state index is -0.311. The minimum Gasteiger partial charge on any atom is -0.348 e. The molecule has 1 amide bonds. The smallest absolute Gasteiger partial charge is 0.259 e. The average molecular weight is 383 g/mol. The molecule has 0 bridgehead atoms. The second-order valence-electron chi connectivity index (χ2n) is 6.72. The van der Waals surface area contributed by atoms with Gasteiger partial charge >= 0.3 is 0 Å². The van der Waals surface area contributed by atoms with Crippen molar-refractivity contribution in [1.29, 1.82) is 0 Å². The van der Waals surface area contributed by atoms with Gasteiger partial charge in [-0.2, -0.15) is 0 Å². The molecule has 0 radical (unpaired) electrons. The first kappa shape index (κ1) is 17.8. The molecule has 0 spiro atoms. The molecule has 1 atom stereocenters. The molecular formula is C19H21N5O2S. The molecule has 1 aliphatic rings. The van der Waals surface area contributed by atoms with Gasteiger partial charge in [0.25, 0.3) is 5.56 Å². The maximum atomic E-state index is 12.8. The van der Waals surface area contributed by atoms with E-state index in [0.717, 1.165) is 31.8 Å². The third-order valence-electron chi connectivity index (χ3n) is 4.94. The van der Waals surface area contributed by atoms with Crippen LogP contribution in [0.2, 0.25) is 0 Å². The fourth-order valence-corrected chi connectivity index (χ4v) is 4.36. The number of H-pyrrole nitrogens is 2. The van der Waals surface area contributed by atoms with Gasteiger partial charge in [0.05, 0.1) is 16.2 Å². The van der Waals surface area contributed by atoms with Crippen LogP contribution in [0.15, 0.2) is 46.6 Å². The molecular weight excluding hydrogens is 362 g/mol. The summed E-state index contributed by atoms with van der Waals surface area (Å²) >= 11 is 1.30. The highest BCUT2D eigenvalue weighted by Crippen LogP contribution is 2.28. The van der Waals surface area contributed by atoms with Gasteiger partial charge in [-0.05, 0) is 31.9 Å². The highest BCUT2D eigenvalue weighted by Gasteiger charge is 2.28. The monoisotopic (exact) mass is 383 g/mol. The molecule has 3 heterocycles. The van der Waals surface area contributed by atoms with Crippen LogP contribution in [-0.4, -0.2) is 49.1 Å². The molecule has 0 aliphatic carbocycles. The van der Waals surface area contributed by atoms with Gasteiger partial charge in [0.15, 0.2) is 5.16 Å². The first-order valence-corrected chi connectivity index (χ1v) is 9.93. The van der Waals surface area contributed by atoms with E-state index in [2.05, 4.69) is 19.9 Å². The van der Waals surface area contributed by atoms with Crippen LogP contribution >= 0.6 is 11.8 Å². The molecule has 2 N–H and O–H groups in total. The zero-order valence-electron chi connectivity index (χ0n) is 15.0. The van der Waals surface area contributed by atoms with Crippen molar-refractivity contribution in [3.05, 3.63) is 52.8 Å². The number of para-hydroxylation sites is 1. The summed E-state index contributed by atoms with van der Waals surface area (Å²) < 4.78 is 0. The number of hydrogen-bond acceptors (Lipinski definition) is 5. The van der Waals surface area contributed by atoms with E-state index >= 15 is 0 Å². The number of piperidine rings is 1. The van der Waals surface area contributed by atoms with E-state index < -0.39 is 0 Å². The number of aromatic nitrogens is 4. The van der Waals surface area contributed by atoms with Crippen LogP contribution in [-0.2, 0) is 4.79 Å². The van der Waals surface area contributed by atoms with E-state index in [0.29, 0.717) is 22.0 Å². The molecule has 0 saturated carbocycles. The van der Waals surface area contributed by atoms with Crippen molar-refractivity contribution >= 4 is 28.6 Å². The van der Waals surface area contributed by atoms with E-state index in [1.54, 1.807) is 18.3 Å². The summed E-state index contributed by atoms with van der Waals surface area (Å²) in [5, 5.41) is 0.723. The third-order valence-corrected chi connectivity index (χ3v) is 5.91. The summed E-state index contributed by atoms with van der Waals surface area (Å²) in [6, 6.07) is 7.21. The van der Waals surface area contributed by atoms with Crippen LogP contribution < -0.4 is 5.56 Å². The number of likely N-dealkylation sites (tertiary alicyclic amines) is 1. The maximum Gasteiger partial charge on any atom is 0.259 e.